The minimum atomic E-state index is -0.759. The van der Waals surface area contributed by atoms with Crippen molar-refractivity contribution in [1.82, 2.24) is 14.7 Å². The molecule has 0 unspecified atom stereocenters. The van der Waals surface area contributed by atoms with Crippen molar-refractivity contribution in [2.75, 3.05) is 24.6 Å². The molecule has 0 N–H and O–H groups in total. The molecule has 0 fully saturated rings. The van der Waals surface area contributed by atoms with Gasteiger partial charge in [-0.2, -0.15) is 5.10 Å². The number of benzene rings is 2. The van der Waals surface area contributed by atoms with E-state index in [9.17, 15) is 14.4 Å². The molecule has 0 saturated carbocycles. The molecular formula is C29H30ClFN4O5. The Balaban J connectivity index is 1.51. The third-order valence-corrected chi connectivity index (χ3v) is 7.10. The van der Waals surface area contributed by atoms with E-state index in [4.69, 9.17) is 21.1 Å². The van der Waals surface area contributed by atoms with Gasteiger partial charge >= 0.3 is 12.1 Å². The largest absolute Gasteiger partial charge is 0.461 e. The van der Waals surface area contributed by atoms with Gasteiger partial charge in [-0.05, 0) is 75.9 Å². The van der Waals surface area contributed by atoms with Crippen LogP contribution in [0.4, 0.5) is 14.9 Å². The molecule has 3 heterocycles. The zero-order chi connectivity index (χ0) is 28.8. The summed E-state index contributed by atoms with van der Waals surface area (Å²) in [4.78, 5) is 42.6. The Bertz CT molecular complexity index is 1510. The summed E-state index contributed by atoms with van der Waals surface area (Å²) in [6.45, 7) is 8.43. The van der Waals surface area contributed by atoms with Gasteiger partial charge in [-0.3, -0.25) is 4.79 Å². The molecule has 0 bridgehead atoms. The van der Waals surface area contributed by atoms with Gasteiger partial charge < -0.3 is 19.3 Å². The van der Waals surface area contributed by atoms with Crippen LogP contribution in [0.15, 0.2) is 36.4 Å². The van der Waals surface area contributed by atoms with Crippen LogP contribution in [0.25, 0.3) is 5.69 Å². The van der Waals surface area contributed by atoms with Gasteiger partial charge in [-0.25, -0.2) is 18.7 Å². The van der Waals surface area contributed by atoms with Gasteiger partial charge in [0, 0.05) is 30.9 Å². The van der Waals surface area contributed by atoms with Crippen LogP contribution in [-0.4, -0.2) is 57.9 Å². The normalized spacial score (nSPS) is 15.0. The van der Waals surface area contributed by atoms with Crippen LogP contribution in [0.2, 0.25) is 5.02 Å². The molecule has 210 valence electrons. The maximum Gasteiger partial charge on any atom is 0.410 e. The van der Waals surface area contributed by atoms with Crippen molar-refractivity contribution in [2.24, 2.45) is 0 Å². The number of fused-ring (bicyclic) bond motifs is 2. The molecule has 11 heteroatoms. The first-order chi connectivity index (χ1) is 19.0. The molecule has 0 saturated heterocycles. The second-order valence-corrected chi connectivity index (χ2v) is 11.1. The quantitative estimate of drug-likeness (QED) is 0.395. The Labute approximate surface area is 236 Å². The van der Waals surface area contributed by atoms with Crippen LogP contribution in [0.1, 0.15) is 65.4 Å². The molecule has 2 aromatic carbocycles. The van der Waals surface area contributed by atoms with E-state index in [1.54, 1.807) is 22.8 Å². The van der Waals surface area contributed by atoms with E-state index in [-0.39, 0.29) is 41.3 Å². The van der Waals surface area contributed by atoms with Crippen molar-refractivity contribution in [2.45, 2.75) is 52.7 Å². The summed E-state index contributed by atoms with van der Waals surface area (Å²) in [5.41, 5.74) is 2.41. The number of aromatic nitrogens is 2. The predicted octanol–water partition coefficient (Wildman–Crippen LogP) is 5.34. The summed E-state index contributed by atoms with van der Waals surface area (Å²) in [7, 11) is 0. The summed E-state index contributed by atoms with van der Waals surface area (Å²) < 4.78 is 26.9. The van der Waals surface area contributed by atoms with Gasteiger partial charge in [-0.15, -0.1) is 0 Å². The number of carbonyl (C=O) groups excluding carboxylic acids is 3. The molecule has 3 aromatic rings. The molecule has 2 amide bonds. The predicted molar refractivity (Wildman–Crippen MR) is 147 cm³/mol. The fraction of sp³-hybridized carbons (Fsp3) is 0.379. The lowest BCUT2D eigenvalue weighted by Gasteiger charge is -2.33. The number of anilines is 1. The van der Waals surface area contributed by atoms with E-state index in [0.29, 0.717) is 37.2 Å². The summed E-state index contributed by atoms with van der Waals surface area (Å²) in [6, 6.07) is 10.1. The van der Waals surface area contributed by atoms with Crippen molar-refractivity contribution in [3.8, 4) is 5.69 Å². The maximum atomic E-state index is 15.1. The number of esters is 1. The summed E-state index contributed by atoms with van der Waals surface area (Å²) >= 11 is 6.02. The second-order valence-electron chi connectivity index (χ2n) is 10.7. The number of carbonyl (C=O) groups is 3. The van der Waals surface area contributed by atoms with Gasteiger partial charge in [0.25, 0.3) is 5.91 Å². The molecule has 0 radical (unpaired) electrons. The number of nitrogens with zero attached hydrogens (tertiary/aromatic N) is 4. The average Bonchev–Trinajstić information content (AvgIpc) is 3.29. The molecule has 2 aliphatic rings. The van der Waals surface area contributed by atoms with Gasteiger partial charge in [0.05, 0.1) is 11.6 Å². The van der Waals surface area contributed by atoms with Crippen LogP contribution in [-0.2, 0) is 28.9 Å². The second kappa shape index (κ2) is 10.6. The Morgan fingerprint density at radius 1 is 1.10 bits per heavy atom. The zero-order valence-electron chi connectivity index (χ0n) is 22.8. The monoisotopic (exact) mass is 568 g/mol. The molecule has 2 aliphatic heterocycles. The first kappa shape index (κ1) is 27.6. The molecule has 1 aromatic heterocycles. The van der Waals surface area contributed by atoms with Crippen LogP contribution in [0.5, 0.6) is 0 Å². The standard InChI is InChI=1S/C29H30ClFN4O5/c1-5-39-27(37)24-20-12-14-34(26(36)25(20)35(32-24)22-8-6-7-21(30)23(22)31)19-10-9-17-11-13-33(16-18(17)15-19)28(38)40-29(2,3)4/h6-10,15H,5,11-14,16H2,1-4H3. The Morgan fingerprint density at radius 3 is 2.60 bits per heavy atom. The lowest BCUT2D eigenvalue weighted by atomic mass is 9.97. The fourth-order valence-corrected chi connectivity index (χ4v) is 5.16. The minimum Gasteiger partial charge on any atom is -0.461 e. The Kier molecular flexibility index (Phi) is 7.31. The van der Waals surface area contributed by atoms with Crippen LogP contribution in [0, 0.1) is 5.82 Å². The number of hydrogen-bond donors (Lipinski definition) is 0. The minimum absolute atomic E-state index is 0.0253. The highest BCUT2D eigenvalue weighted by molar-refractivity contribution is 6.30. The fourth-order valence-electron chi connectivity index (χ4n) is 4.99. The zero-order valence-corrected chi connectivity index (χ0v) is 23.5. The van der Waals surface area contributed by atoms with Crippen LogP contribution in [0.3, 0.4) is 0 Å². The SMILES string of the molecule is CCOC(=O)c1nn(-c2cccc(Cl)c2F)c2c1CCN(c1ccc3c(c1)CN(C(=O)OC(C)(C)C)CC3)C2=O. The van der Waals surface area contributed by atoms with E-state index in [1.807, 2.05) is 39.0 Å². The van der Waals surface area contributed by atoms with Crippen LogP contribution < -0.4 is 4.90 Å². The van der Waals surface area contributed by atoms with Crippen molar-refractivity contribution < 1.29 is 28.2 Å². The maximum absolute atomic E-state index is 15.1. The highest BCUT2D eigenvalue weighted by atomic mass is 35.5. The van der Waals surface area contributed by atoms with Gasteiger partial charge in [0.1, 0.15) is 17.0 Å². The molecule has 5 rings (SSSR count). The van der Waals surface area contributed by atoms with Gasteiger partial charge in [-0.1, -0.05) is 23.7 Å². The van der Waals surface area contributed by atoms with Crippen molar-refractivity contribution in [3.05, 3.63) is 75.3 Å². The smallest absolute Gasteiger partial charge is 0.410 e. The lowest BCUT2D eigenvalue weighted by Crippen LogP contribution is -2.41. The van der Waals surface area contributed by atoms with E-state index in [0.717, 1.165) is 15.8 Å². The summed E-state index contributed by atoms with van der Waals surface area (Å²) in [6.07, 6.45) is 0.580. The molecule has 40 heavy (non-hydrogen) atoms. The van der Waals surface area contributed by atoms with Gasteiger partial charge in [0.15, 0.2) is 11.5 Å². The van der Waals surface area contributed by atoms with Crippen molar-refractivity contribution in [1.29, 1.82) is 0 Å². The highest BCUT2D eigenvalue weighted by Gasteiger charge is 2.37. The van der Waals surface area contributed by atoms with Crippen molar-refractivity contribution >= 4 is 35.3 Å². The molecule has 0 aliphatic carbocycles. The molecule has 0 atom stereocenters. The molecule has 0 spiro atoms. The highest BCUT2D eigenvalue weighted by Crippen LogP contribution is 2.33. The lowest BCUT2D eigenvalue weighted by molar-refractivity contribution is 0.0223. The van der Waals surface area contributed by atoms with Crippen molar-refractivity contribution in [3.63, 3.8) is 0 Å². The average molecular weight is 569 g/mol. The number of halogens is 2. The van der Waals surface area contributed by atoms with E-state index >= 15 is 4.39 Å². The first-order valence-electron chi connectivity index (χ1n) is 13.1. The van der Waals surface area contributed by atoms with E-state index in [1.165, 1.54) is 12.1 Å². The number of amides is 2. The number of rotatable bonds is 4. The topological polar surface area (TPSA) is 94.0 Å². The first-order valence-corrected chi connectivity index (χ1v) is 13.5. The van der Waals surface area contributed by atoms with Gasteiger partial charge in [0.2, 0.25) is 0 Å². The number of ether oxygens (including phenoxy) is 2. The third-order valence-electron chi connectivity index (χ3n) is 6.81. The molecule has 9 nitrogen and oxygen atoms in total. The number of hydrogen-bond acceptors (Lipinski definition) is 6. The summed E-state index contributed by atoms with van der Waals surface area (Å²) in [5, 5.41) is 4.19. The third kappa shape index (κ3) is 5.15. The van der Waals surface area contributed by atoms with Crippen LogP contribution >= 0.6 is 11.6 Å². The van der Waals surface area contributed by atoms with E-state index in [2.05, 4.69) is 5.10 Å². The Hall–Kier alpha value is -3.92. The Morgan fingerprint density at radius 2 is 1.88 bits per heavy atom. The molecular weight excluding hydrogens is 539 g/mol. The summed E-state index contributed by atoms with van der Waals surface area (Å²) in [5.74, 6) is -1.88. The van der Waals surface area contributed by atoms with E-state index < -0.39 is 23.3 Å².